The van der Waals surface area contributed by atoms with E-state index >= 15 is 0 Å². The van der Waals surface area contributed by atoms with Gasteiger partial charge in [0.25, 0.3) is 0 Å². The van der Waals surface area contributed by atoms with Crippen LogP contribution in [0, 0.1) is 0 Å². The van der Waals surface area contributed by atoms with Gasteiger partial charge in [0.2, 0.25) is 0 Å². The Labute approximate surface area is 435 Å². The fourth-order valence-electron chi connectivity index (χ4n) is 10.0. The van der Waals surface area contributed by atoms with Crippen LogP contribution in [-0.2, 0) is 0 Å². The summed E-state index contributed by atoms with van der Waals surface area (Å²) in [5.41, 5.74) is 22.8. The SMILES string of the molecule is c1ccc(-c2ccc(N(c3ccc(-c4ccccc4)cc3)c3ccc(-c4ccc(N(c5cc(-c6ccccc6)cc(-c6ccccc6)c5)c5cc(-c6ccccc6)cc(-c6ccccc6)c5)cc4)cc3)cc2)cc1. The van der Waals surface area contributed by atoms with Crippen LogP contribution in [0.25, 0.3) is 77.9 Å². The topological polar surface area (TPSA) is 6.48 Å². The average Bonchev–Trinajstić information content (AvgIpc) is 3.49. The van der Waals surface area contributed by atoms with E-state index in [1.54, 1.807) is 0 Å². The minimum atomic E-state index is 1.06. The lowest BCUT2D eigenvalue weighted by Crippen LogP contribution is -2.11. The van der Waals surface area contributed by atoms with Crippen molar-refractivity contribution < 1.29 is 0 Å². The Morgan fingerprint density at radius 2 is 0.284 bits per heavy atom. The Balaban J connectivity index is 0.949. The van der Waals surface area contributed by atoms with E-state index in [1.165, 1.54) is 44.5 Å². The smallest absolute Gasteiger partial charge is 0.0473 e. The lowest BCUT2D eigenvalue weighted by molar-refractivity contribution is 1.28. The highest BCUT2D eigenvalue weighted by Crippen LogP contribution is 2.44. The fraction of sp³-hybridized carbons (Fsp3) is 0. The Morgan fingerprint density at radius 1 is 0.122 bits per heavy atom. The first-order valence-electron chi connectivity index (χ1n) is 25.3. The normalized spacial score (nSPS) is 11.0. The molecule has 0 N–H and O–H groups in total. The van der Waals surface area contributed by atoms with Gasteiger partial charge in [0.15, 0.2) is 0 Å². The van der Waals surface area contributed by atoms with Crippen molar-refractivity contribution in [3.05, 3.63) is 315 Å². The van der Waals surface area contributed by atoms with E-state index in [4.69, 9.17) is 0 Å². The van der Waals surface area contributed by atoms with E-state index in [2.05, 4.69) is 325 Å². The predicted octanol–water partition coefficient (Wildman–Crippen LogP) is 20.3. The molecule has 0 aliphatic rings. The van der Waals surface area contributed by atoms with E-state index in [0.717, 1.165) is 67.5 Å². The molecule has 0 radical (unpaired) electrons. The fourth-order valence-corrected chi connectivity index (χ4v) is 10.0. The molecule has 12 rings (SSSR count). The minimum absolute atomic E-state index is 1.06. The average molecular weight is 945 g/mol. The summed E-state index contributed by atoms with van der Waals surface area (Å²) >= 11 is 0. The van der Waals surface area contributed by atoms with Crippen LogP contribution >= 0.6 is 0 Å². The molecule has 0 saturated carbocycles. The summed E-state index contributed by atoms with van der Waals surface area (Å²) in [6, 6.07) is 114. The molecule has 0 amide bonds. The van der Waals surface area contributed by atoms with Crippen LogP contribution in [0.15, 0.2) is 315 Å². The van der Waals surface area contributed by atoms with Crippen LogP contribution in [0.1, 0.15) is 0 Å². The molecule has 74 heavy (non-hydrogen) atoms. The minimum Gasteiger partial charge on any atom is -0.311 e. The van der Waals surface area contributed by atoms with Crippen molar-refractivity contribution >= 4 is 34.1 Å². The van der Waals surface area contributed by atoms with Gasteiger partial charge in [0.05, 0.1) is 0 Å². The largest absolute Gasteiger partial charge is 0.311 e. The Bertz CT molecular complexity index is 3420. The molecule has 0 spiro atoms. The molecule has 0 aliphatic heterocycles. The molecule has 0 atom stereocenters. The summed E-state index contributed by atoms with van der Waals surface area (Å²) in [5.74, 6) is 0. The van der Waals surface area contributed by atoms with Crippen molar-refractivity contribution in [1.82, 2.24) is 0 Å². The molecule has 0 aliphatic carbocycles. The number of anilines is 6. The van der Waals surface area contributed by atoms with Gasteiger partial charge in [-0.25, -0.2) is 0 Å². The second kappa shape index (κ2) is 20.9. The van der Waals surface area contributed by atoms with Crippen molar-refractivity contribution in [2.45, 2.75) is 0 Å². The van der Waals surface area contributed by atoms with Crippen LogP contribution in [0.5, 0.6) is 0 Å². The Kier molecular flexibility index (Phi) is 12.8. The second-order valence-corrected chi connectivity index (χ2v) is 18.6. The first kappa shape index (κ1) is 45.4. The summed E-state index contributed by atoms with van der Waals surface area (Å²) in [7, 11) is 0. The first-order chi connectivity index (χ1) is 36.7. The van der Waals surface area contributed by atoms with Gasteiger partial charge in [-0.2, -0.15) is 0 Å². The van der Waals surface area contributed by atoms with Crippen LogP contribution in [0.4, 0.5) is 34.1 Å². The van der Waals surface area contributed by atoms with Gasteiger partial charge >= 0.3 is 0 Å². The molecule has 0 aromatic heterocycles. The zero-order valence-corrected chi connectivity index (χ0v) is 40.9. The summed E-state index contributed by atoms with van der Waals surface area (Å²) < 4.78 is 0. The maximum Gasteiger partial charge on any atom is 0.0473 e. The molecular formula is C72H52N2. The maximum absolute atomic E-state index is 2.43. The third-order valence-electron chi connectivity index (χ3n) is 13.8. The predicted molar refractivity (Wildman–Crippen MR) is 314 cm³/mol. The monoisotopic (exact) mass is 944 g/mol. The summed E-state index contributed by atoms with van der Waals surface area (Å²) in [6.45, 7) is 0. The molecule has 0 bridgehead atoms. The molecule has 350 valence electrons. The van der Waals surface area contributed by atoms with E-state index in [-0.39, 0.29) is 0 Å². The number of benzene rings is 12. The molecule has 2 heteroatoms. The lowest BCUT2D eigenvalue weighted by atomic mass is 9.95. The van der Waals surface area contributed by atoms with Crippen LogP contribution < -0.4 is 9.80 Å². The van der Waals surface area contributed by atoms with Gasteiger partial charge in [-0.3, -0.25) is 0 Å². The van der Waals surface area contributed by atoms with Crippen molar-refractivity contribution in [3.8, 4) is 77.9 Å². The van der Waals surface area contributed by atoms with Gasteiger partial charge in [-0.1, -0.05) is 231 Å². The molecule has 0 heterocycles. The first-order valence-corrected chi connectivity index (χ1v) is 25.3. The summed E-state index contributed by atoms with van der Waals surface area (Å²) in [6.07, 6.45) is 0. The van der Waals surface area contributed by atoms with Crippen LogP contribution in [0.3, 0.4) is 0 Å². The van der Waals surface area contributed by atoms with E-state index < -0.39 is 0 Å². The van der Waals surface area contributed by atoms with Crippen molar-refractivity contribution in [3.63, 3.8) is 0 Å². The third-order valence-corrected chi connectivity index (χ3v) is 13.8. The number of rotatable bonds is 13. The van der Waals surface area contributed by atoms with Gasteiger partial charge in [0, 0.05) is 34.1 Å². The maximum atomic E-state index is 2.43. The Morgan fingerprint density at radius 3 is 0.486 bits per heavy atom. The molecular weight excluding hydrogens is 893 g/mol. The highest BCUT2D eigenvalue weighted by Gasteiger charge is 2.20. The molecule has 0 saturated heterocycles. The third kappa shape index (κ3) is 9.81. The lowest BCUT2D eigenvalue weighted by Gasteiger charge is -2.28. The van der Waals surface area contributed by atoms with Crippen LogP contribution in [0.2, 0.25) is 0 Å². The molecule has 0 fully saturated rings. The quantitative estimate of drug-likeness (QED) is 0.114. The van der Waals surface area contributed by atoms with E-state index in [0.29, 0.717) is 0 Å². The number of nitrogens with zero attached hydrogens (tertiary/aromatic N) is 2. The second-order valence-electron chi connectivity index (χ2n) is 18.6. The molecule has 12 aromatic carbocycles. The molecule has 0 unspecified atom stereocenters. The van der Waals surface area contributed by atoms with Gasteiger partial charge in [0.1, 0.15) is 0 Å². The molecule has 12 aromatic rings. The summed E-state index contributed by atoms with van der Waals surface area (Å²) in [5, 5.41) is 0. The van der Waals surface area contributed by atoms with Crippen molar-refractivity contribution in [2.24, 2.45) is 0 Å². The Hall–Kier alpha value is -9.76. The van der Waals surface area contributed by atoms with Gasteiger partial charge in [-0.15, -0.1) is 0 Å². The van der Waals surface area contributed by atoms with Crippen molar-refractivity contribution in [1.29, 1.82) is 0 Å². The number of hydrogen-bond donors (Lipinski definition) is 0. The number of hydrogen-bond acceptors (Lipinski definition) is 2. The van der Waals surface area contributed by atoms with E-state index in [1.807, 2.05) is 0 Å². The highest BCUT2D eigenvalue weighted by molar-refractivity contribution is 5.89. The zero-order valence-electron chi connectivity index (χ0n) is 40.9. The zero-order chi connectivity index (χ0) is 49.5. The van der Waals surface area contributed by atoms with Gasteiger partial charge in [-0.05, 0) is 163 Å². The highest BCUT2D eigenvalue weighted by atomic mass is 15.1. The van der Waals surface area contributed by atoms with Gasteiger partial charge < -0.3 is 9.80 Å². The van der Waals surface area contributed by atoms with E-state index in [9.17, 15) is 0 Å². The van der Waals surface area contributed by atoms with Crippen LogP contribution in [-0.4, -0.2) is 0 Å². The summed E-state index contributed by atoms with van der Waals surface area (Å²) in [4.78, 5) is 4.77. The van der Waals surface area contributed by atoms with Crippen molar-refractivity contribution in [2.75, 3.05) is 9.80 Å². The molecule has 2 nitrogen and oxygen atoms in total. The standard InChI is InChI=1S/C72H52N2/c1-7-19-53(20-8-1)59-31-39-67(40-32-59)73(68-41-33-60(34-42-68)54-21-9-2-10-22-54)69-43-35-61(36-44-69)62-37-45-70(46-38-62)74(71-49-63(55-23-11-3-12-24-55)47-64(50-71)56-25-13-4-14-26-56)72-51-65(57-27-15-5-16-28-57)48-66(52-72)58-29-17-6-18-30-58/h1-52H.